The first kappa shape index (κ1) is 21.9. The summed E-state index contributed by atoms with van der Waals surface area (Å²) < 4.78 is 0.790. The topological polar surface area (TPSA) is 151 Å². The number of carbonyl (C=O) groups is 2. The zero-order chi connectivity index (χ0) is 22.4. The molecule has 3 aromatic rings. The molecule has 2 amide bonds. The summed E-state index contributed by atoms with van der Waals surface area (Å²) >= 11 is 9.23. The Balaban J connectivity index is 1.74. The Hall–Kier alpha value is -3.77. The van der Waals surface area contributed by atoms with E-state index in [0.717, 1.165) is 10.8 Å². The zero-order valence-electron chi connectivity index (χ0n) is 15.4. The van der Waals surface area contributed by atoms with Gasteiger partial charge in [0.15, 0.2) is 0 Å². The molecule has 0 bridgehead atoms. The molecule has 0 aliphatic rings. The molecular formula is C18H13BrClN7O4. The minimum Gasteiger partial charge on any atom is -0.276 e. The zero-order valence-corrected chi connectivity index (χ0v) is 17.8. The van der Waals surface area contributed by atoms with Crippen LogP contribution in [0.1, 0.15) is 20.7 Å². The van der Waals surface area contributed by atoms with E-state index in [1.807, 2.05) is 0 Å². The average Bonchev–Trinajstić information content (AvgIpc) is 2.76. The van der Waals surface area contributed by atoms with Crippen LogP contribution < -0.4 is 21.7 Å². The summed E-state index contributed by atoms with van der Waals surface area (Å²) in [5, 5.41) is 11.8. The van der Waals surface area contributed by atoms with Crippen LogP contribution >= 0.6 is 27.5 Å². The van der Waals surface area contributed by atoms with Crippen molar-refractivity contribution >= 4 is 56.7 Å². The smallest absolute Gasteiger partial charge is 0.276 e. The number of amides is 2. The minimum absolute atomic E-state index is 0.161. The number of hydrogen-bond donors (Lipinski definition) is 4. The highest BCUT2D eigenvalue weighted by atomic mass is 79.9. The van der Waals surface area contributed by atoms with Crippen molar-refractivity contribution in [1.29, 1.82) is 0 Å². The van der Waals surface area contributed by atoms with Crippen molar-refractivity contribution in [2.24, 2.45) is 0 Å². The van der Waals surface area contributed by atoms with Gasteiger partial charge in [0.2, 0.25) is 11.6 Å². The molecule has 0 unspecified atom stereocenters. The molecule has 0 aliphatic heterocycles. The van der Waals surface area contributed by atoms with Crippen LogP contribution in [-0.2, 0) is 0 Å². The fraction of sp³-hybridized carbons (Fsp3) is 0. The lowest BCUT2D eigenvalue weighted by Gasteiger charge is -2.12. The fourth-order valence-electron chi connectivity index (χ4n) is 2.35. The van der Waals surface area contributed by atoms with Gasteiger partial charge in [-0.1, -0.05) is 39.7 Å². The summed E-state index contributed by atoms with van der Waals surface area (Å²) in [5.41, 5.74) is 9.27. The number of hydrogen-bond acceptors (Lipinski definition) is 8. The van der Waals surface area contributed by atoms with Crippen molar-refractivity contribution in [2.45, 2.75) is 0 Å². The summed E-state index contributed by atoms with van der Waals surface area (Å²) in [6.45, 7) is 0. The molecule has 4 N–H and O–H groups in total. The van der Waals surface area contributed by atoms with Crippen molar-refractivity contribution in [3.05, 3.63) is 85.6 Å². The monoisotopic (exact) mass is 505 g/mol. The molecule has 31 heavy (non-hydrogen) atoms. The van der Waals surface area contributed by atoms with Gasteiger partial charge in [0.05, 0.1) is 15.5 Å². The summed E-state index contributed by atoms with van der Waals surface area (Å²) in [5.74, 6) is -1.76. The largest absolute Gasteiger partial charge is 0.356 e. The number of rotatable bonds is 7. The first-order valence-corrected chi connectivity index (χ1v) is 9.66. The lowest BCUT2D eigenvalue weighted by atomic mass is 10.2. The molecule has 1 aromatic heterocycles. The normalized spacial score (nSPS) is 10.1. The van der Waals surface area contributed by atoms with Gasteiger partial charge < -0.3 is 0 Å². The van der Waals surface area contributed by atoms with Crippen LogP contribution in [0, 0.1) is 10.1 Å². The SMILES string of the molecule is O=C(NNc1ncnc(NNC(=O)c2ccccc2Cl)c1[N+](=O)[O-])c1ccc(Br)cc1. The lowest BCUT2D eigenvalue weighted by molar-refractivity contribution is -0.383. The van der Waals surface area contributed by atoms with Gasteiger partial charge in [-0.05, 0) is 36.4 Å². The van der Waals surface area contributed by atoms with Crippen LogP contribution in [0.3, 0.4) is 0 Å². The molecule has 0 fully saturated rings. The Morgan fingerprint density at radius 3 is 2.10 bits per heavy atom. The first-order chi connectivity index (χ1) is 14.9. The van der Waals surface area contributed by atoms with Crippen LogP contribution in [0.4, 0.5) is 17.3 Å². The Labute approximate surface area is 188 Å². The third kappa shape index (κ3) is 5.43. The highest BCUT2D eigenvalue weighted by Crippen LogP contribution is 2.28. The molecule has 3 rings (SSSR count). The van der Waals surface area contributed by atoms with Gasteiger partial charge in [0.25, 0.3) is 11.8 Å². The summed E-state index contributed by atoms with van der Waals surface area (Å²) in [7, 11) is 0. The van der Waals surface area contributed by atoms with Crippen molar-refractivity contribution in [3.63, 3.8) is 0 Å². The molecule has 0 atom stereocenters. The molecule has 13 heteroatoms. The molecule has 0 spiro atoms. The van der Waals surface area contributed by atoms with Gasteiger partial charge in [0.1, 0.15) is 6.33 Å². The van der Waals surface area contributed by atoms with Crippen molar-refractivity contribution in [2.75, 3.05) is 10.9 Å². The van der Waals surface area contributed by atoms with E-state index >= 15 is 0 Å². The second-order valence-corrected chi connectivity index (χ2v) is 7.14. The van der Waals surface area contributed by atoms with Crippen LogP contribution in [0.25, 0.3) is 0 Å². The molecule has 0 radical (unpaired) electrons. The number of nitrogens with one attached hydrogen (secondary N) is 4. The van der Waals surface area contributed by atoms with E-state index < -0.39 is 22.4 Å². The van der Waals surface area contributed by atoms with Gasteiger partial charge in [-0.2, -0.15) is 0 Å². The van der Waals surface area contributed by atoms with Crippen molar-refractivity contribution in [3.8, 4) is 0 Å². The van der Waals surface area contributed by atoms with Crippen molar-refractivity contribution in [1.82, 2.24) is 20.8 Å². The molecule has 0 saturated heterocycles. The minimum atomic E-state index is -0.766. The Morgan fingerprint density at radius 1 is 0.935 bits per heavy atom. The second kappa shape index (κ2) is 9.82. The number of aromatic nitrogens is 2. The second-order valence-electron chi connectivity index (χ2n) is 5.82. The number of carbonyl (C=O) groups excluding carboxylic acids is 2. The molecule has 0 aliphatic carbocycles. The number of nitro groups is 1. The average molecular weight is 507 g/mol. The number of benzene rings is 2. The number of anilines is 2. The van der Waals surface area contributed by atoms with Gasteiger partial charge in [-0.25, -0.2) is 9.97 Å². The molecule has 1 heterocycles. The summed E-state index contributed by atoms with van der Waals surface area (Å²) in [4.78, 5) is 42.8. The van der Waals surface area contributed by atoms with Gasteiger partial charge in [-0.3, -0.25) is 41.4 Å². The van der Waals surface area contributed by atoms with E-state index in [9.17, 15) is 19.7 Å². The molecule has 0 saturated carbocycles. The summed E-state index contributed by atoms with van der Waals surface area (Å²) in [6, 6.07) is 12.8. The Kier molecular flexibility index (Phi) is 6.95. The van der Waals surface area contributed by atoms with E-state index in [1.54, 1.807) is 36.4 Å². The highest BCUT2D eigenvalue weighted by molar-refractivity contribution is 9.10. The maximum atomic E-state index is 12.3. The molecule has 2 aromatic carbocycles. The molecule has 158 valence electrons. The predicted molar refractivity (Wildman–Crippen MR) is 116 cm³/mol. The summed E-state index contributed by atoms with van der Waals surface area (Å²) in [6.07, 6.45) is 1.02. The van der Waals surface area contributed by atoms with E-state index in [-0.39, 0.29) is 22.2 Å². The fourth-order valence-corrected chi connectivity index (χ4v) is 2.84. The van der Waals surface area contributed by atoms with E-state index in [4.69, 9.17) is 11.6 Å². The molecule has 11 nitrogen and oxygen atoms in total. The Bertz CT molecular complexity index is 1140. The van der Waals surface area contributed by atoms with Gasteiger partial charge in [0, 0.05) is 10.0 Å². The van der Waals surface area contributed by atoms with E-state index in [0.29, 0.717) is 5.56 Å². The van der Waals surface area contributed by atoms with Gasteiger partial charge >= 0.3 is 5.69 Å². The third-order valence-electron chi connectivity index (χ3n) is 3.82. The quantitative estimate of drug-likeness (QED) is 0.281. The maximum absolute atomic E-state index is 12.3. The number of halogens is 2. The lowest BCUT2D eigenvalue weighted by Crippen LogP contribution is -2.32. The van der Waals surface area contributed by atoms with E-state index in [2.05, 4.69) is 47.6 Å². The Morgan fingerprint density at radius 2 is 1.52 bits per heavy atom. The molecular weight excluding hydrogens is 494 g/mol. The number of nitrogens with zero attached hydrogens (tertiary/aromatic N) is 3. The van der Waals surface area contributed by atoms with Crippen LogP contribution in [-0.4, -0.2) is 26.7 Å². The van der Waals surface area contributed by atoms with Crippen LogP contribution in [0.2, 0.25) is 5.02 Å². The number of hydrazine groups is 2. The van der Waals surface area contributed by atoms with Crippen LogP contribution in [0.15, 0.2) is 59.3 Å². The predicted octanol–water partition coefficient (Wildman–Crippen LogP) is 3.31. The van der Waals surface area contributed by atoms with E-state index in [1.165, 1.54) is 12.1 Å². The maximum Gasteiger partial charge on any atom is 0.356 e. The van der Waals surface area contributed by atoms with Crippen molar-refractivity contribution < 1.29 is 14.5 Å². The third-order valence-corrected chi connectivity index (χ3v) is 4.68. The first-order valence-electron chi connectivity index (χ1n) is 8.49. The van der Waals surface area contributed by atoms with Gasteiger partial charge in [-0.15, -0.1) is 0 Å². The standard InChI is InChI=1S/C18H13BrClN7O4/c19-11-7-5-10(6-8-11)17(28)25-23-15-14(27(30)31)16(22-9-21-15)24-26-18(29)12-3-1-2-4-13(12)20/h1-9H,(H,25,28)(H,26,29)(H2,21,22,23,24). The highest BCUT2D eigenvalue weighted by Gasteiger charge is 2.24. The van der Waals surface area contributed by atoms with Crippen LogP contribution in [0.5, 0.6) is 0 Å².